The number of benzene rings is 2. The Labute approximate surface area is 231 Å². The van der Waals surface area contributed by atoms with Gasteiger partial charge in [0, 0.05) is 8.07 Å². The minimum absolute atomic E-state index is 0. The zero-order valence-electron chi connectivity index (χ0n) is 23.5. The largest absolute Gasteiger partial charge is 3.00 e. The van der Waals surface area contributed by atoms with Crippen molar-refractivity contribution in [3.63, 3.8) is 0 Å². The summed E-state index contributed by atoms with van der Waals surface area (Å²) < 4.78 is 0. The molecule has 2 nitrogen and oxygen atoms in total. The molecule has 34 heavy (non-hydrogen) atoms. The fourth-order valence-electron chi connectivity index (χ4n) is 4.24. The second-order valence-corrected chi connectivity index (χ2v) is 15.2. The number of para-hydroxylation sites is 2. The molecule has 0 aromatic heterocycles. The average Bonchev–Trinajstić information content (AvgIpc) is 2.92. The van der Waals surface area contributed by atoms with Crippen LogP contribution in [0.25, 0.3) is 0 Å². The third kappa shape index (κ3) is 8.92. The van der Waals surface area contributed by atoms with Crippen molar-refractivity contribution in [3.05, 3.63) is 102 Å². The van der Waals surface area contributed by atoms with Gasteiger partial charge in [-0.25, -0.2) is 17.1 Å². The molecule has 0 saturated carbocycles. The molecular formula is C30H45N2ScSi. The molecule has 4 heteroatoms. The molecule has 2 aromatic rings. The molecular weight excluding hydrogens is 461 g/mol. The number of anilines is 2. The molecule has 0 amide bonds. The summed E-state index contributed by atoms with van der Waals surface area (Å²) in [6, 6.07) is 16.2. The van der Waals surface area contributed by atoms with Gasteiger partial charge in [-0.1, -0.05) is 80.6 Å². The average molecular weight is 507 g/mol. The summed E-state index contributed by atoms with van der Waals surface area (Å²) in [5.74, 6) is 3.06. The second-order valence-electron chi connectivity index (χ2n) is 10.2. The van der Waals surface area contributed by atoms with Crippen molar-refractivity contribution >= 4 is 19.4 Å². The summed E-state index contributed by atoms with van der Waals surface area (Å²) in [5, 5.41) is 0. The van der Waals surface area contributed by atoms with E-state index in [9.17, 15) is 0 Å². The van der Waals surface area contributed by atoms with E-state index in [0.717, 1.165) is 11.1 Å². The molecule has 1 aliphatic carbocycles. The Morgan fingerprint density at radius 1 is 0.706 bits per heavy atom. The zero-order valence-corrected chi connectivity index (χ0v) is 26.3. The van der Waals surface area contributed by atoms with E-state index < -0.39 is 8.07 Å². The van der Waals surface area contributed by atoms with E-state index in [1.54, 1.807) is 17.0 Å². The monoisotopic (exact) mass is 506 g/mol. The summed E-state index contributed by atoms with van der Waals surface area (Å²) in [6.07, 6.45) is 0. The van der Waals surface area contributed by atoms with Gasteiger partial charge in [0.2, 0.25) is 0 Å². The van der Waals surface area contributed by atoms with Crippen LogP contribution in [-0.4, -0.2) is 36.3 Å². The number of allylic oxidation sites excluding steroid dienone is 2. The third-order valence-corrected chi connectivity index (χ3v) is 8.38. The summed E-state index contributed by atoms with van der Waals surface area (Å²) in [4.78, 5) is 4.12. The number of nitrogens with zero attached hydrogens (tertiary/aromatic N) is 2. The van der Waals surface area contributed by atoms with Crippen LogP contribution in [0.15, 0.2) is 59.7 Å². The first-order valence-electron chi connectivity index (χ1n) is 11.6. The van der Waals surface area contributed by atoms with Gasteiger partial charge in [-0.15, -0.1) is 26.0 Å². The second kappa shape index (κ2) is 14.1. The van der Waals surface area contributed by atoms with Crippen LogP contribution in [-0.2, 0) is 25.8 Å². The van der Waals surface area contributed by atoms with Gasteiger partial charge in [-0.3, -0.25) is 0 Å². The summed E-state index contributed by atoms with van der Waals surface area (Å²) in [7, 11) is 6.94. The molecule has 0 bridgehead atoms. The van der Waals surface area contributed by atoms with E-state index in [2.05, 4.69) is 83.1 Å². The van der Waals surface area contributed by atoms with Gasteiger partial charge in [-0.2, -0.15) is 37.1 Å². The van der Waals surface area contributed by atoms with Gasteiger partial charge >= 0.3 is 25.8 Å². The Morgan fingerprint density at radius 3 is 1.24 bits per heavy atom. The van der Waals surface area contributed by atoms with Crippen LogP contribution < -0.4 is 9.80 Å². The molecule has 0 aliphatic heterocycles. The molecule has 0 saturated heterocycles. The summed E-state index contributed by atoms with van der Waals surface area (Å²) in [5.41, 5.74) is 9.26. The van der Waals surface area contributed by atoms with Crippen molar-refractivity contribution in [1.29, 1.82) is 0 Å². The Hall–Kier alpha value is -1.52. The standard InChI is InChI=1S/C12H21Si.2C9H12N.Sc/c1-8-9(2)11(4)12(10(8)3)13(5,6)7;2*1-8-6-4-5-7-9(8)10(2)3;/h1-7H3;2*4-7H,1H2,2-3H3;/q3*-1;+3. The van der Waals surface area contributed by atoms with E-state index in [4.69, 9.17) is 0 Å². The fraction of sp³-hybridized carbons (Fsp3) is 0.367. The van der Waals surface area contributed by atoms with Gasteiger partial charge in [0.15, 0.2) is 0 Å². The first kappa shape index (κ1) is 32.5. The fourth-order valence-corrected chi connectivity index (χ4v) is 6.86. The van der Waals surface area contributed by atoms with Gasteiger partial charge in [-0.05, 0) is 28.2 Å². The van der Waals surface area contributed by atoms with Crippen LogP contribution in [0.4, 0.5) is 11.4 Å². The molecule has 0 N–H and O–H groups in total. The third-order valence-electron chi connectivity index (χ3n) is 6.13. The zero-order chi connectivity index (χ0) is 25.5. The Morgan fingerprint density at radius 2 is 1.06 bits per heavy atom. The van der Waals surface area contributed by atoms with Crippen LogP contribution in [0.3, 0.4) is 0 Å². The van der Waals surface area contributed by atoms with Crippen molar-refractivity contribution in [2.75, 3.05) is 38.0 Å². The van der Waals surface area contributed by atoms with Crippen molar-refractivity contribution in [2.45, 2.75) is 47.3 Å². The SMILES string of the molecule is C[C]1[C]([Si](C)(C)C)C(C)=C(C)[C-]1C.[CH2-]c1ccccc1N(C)C.[CH2-]c1ccccc1N(C)C.[Sc+3]. The molecule has 1 aliphatic rings. The van der Waals surface area contributed by atoms with Crippen molar-refractivity contribution < 1.29 is 25.8 Å². The van der Waals surface area contributed by atoms with Crippen LogP contribution in [0.5, 0.6) is 0 Å². The molecule has 182 valence electrons. The molecule has 0 fully saturated rings. The maximum atomic E-state index is 3.90. The topological polar surface area (TPSA) is 6.48 Å². The molecule has 0 heterocycles. The van der Waals surface area contributed by atoms with Gasteiger partial charge < -0.3 is 9.80 Å². The quantitative estimate of drug-likeness (QED) is 0.309. The van der Waals surface area contributed by atoms with Gasteiger partial charge in [0.25, 0.3) is 0 Å². The van der Waals surface area contributed by atoms with E-state index >= 15 is 0 Å². The van der Waals surface area contributed by atoms with E-state index in [-0.39, 0.29) is 25.8 Å². The Bertz CT molecular complexity index is 863. The number of hydrogen-bond acceptors (Lipinski definition) is 2. The first-order valence-corrected chi connectivity index (χ1v) is 15.1. The predicted octanol–water partition coefficient (Wildman–Crippen LogP) is 7.84. The smallest absolute Gasteiger partial charge is 0.428 e. The summed E-state index contributed by atoms with van der Waals surface area (Å²) >= 11 is 0. The van der Waals surface area contributed by atoms with Gasteiger partial charge in [0.05, 0.1) is 0 Å². The van der Waals surface area contributed by atoms with E-state index in [0.29, 0.717) is 0 Å². The number of hydrogen-bond donors (Lipinski definition) is 0. The van der Waals surface area contributed by atoms with Crippen LogP contribution in [0.2, 0.25) is 19.6 Å². The van der Waals surface area contributed by atoms with Gasteiger partial charge in [0.1, 0.15) is 0 Å². The summed E-state index contributed by atoms with van der Waals surface area (Å²) in [6.45, 7) is 24.2. The maximum Gasteiger partial charge on any atom is 3.00 e. The molecule has 0 unspecified atom stereocenters. The van der Waals surface area contributed by atoms with Crippen molar-refractivity contribution in [2.24, 2.45) is 0 Å². The molecule has 0 atom stereocenters. The Kier molecular flexibility index (Phi) is 13.5. The molecule has 2 aromatic carbocycles. The molecule has 3 rings (SSSR count). The molecule has 2 radical (unpaired) electrons. The predicted molar refractivity (Wildman–Crippen MR) is 153 cm³/mol. The Balaban J connectivity index is 0.000000479. The van der Waals surface area contributed by atoms with Crippen molar-refractivity contribution in [3.8, 4) is 0 Å². The molecule has 0 spiro atoms. The first-order chi connectivity index (χ1) is 15.2. The van der Waals surface area contributed by atoms with Crippen LogP contribution in [0.1, 0.15) is 38.8 Å². The normalized spacial score (nSPS) is 13.9. The van der Waals surface area contributed by atoms with Crippen LogP contribution in [0, 0.1) is 31.2 Å². The minimum Gasteiger partial charge on any atom is -0.428 e. The maximum absolute atomic E-state index is 3.90. The number of rotatable bonds is 3. The van der Waals surface area contributed by atoms with E-state index in [1.807, 2.05) is 64.6 Å². The van der Waals surface area contributed by atoms with Crippen molar-refractivity contribution in [1.82, 2.24) is 0 Å². The van der Waals surface area contributed by atoms with Crippen LogP contribution >= 0.6 is 0 Å². The van der Waals surface area contributed by atoms with E-state index in [1.165, 1.54) is 22.9 Å². The minimum atomic E-state index is -1.13.